The van der Waals surface area contributed by atoms with Gasteiger partial charge in [0.2, 0.25) is 0 Å². The second kappa shape index (κ2) is 1.13. The van der Waals surface area contributed by atoms with Crippen LogP contribution in [0.15, 0.2) is 35.5 Å². The molecule has 0 radical (unpaired) electrons. The van der Waals surface area contributed by atoms with Crippen molar-refractivity contribution in [3.63, 3.8) is 0 Å². The number of hydrogen-bond donors (Lipinski definition) is 0. The Morgan fingerprint density at radius 1 is 1.50 bits per heavy atom. The highest BCUT2D eigenvalue weighted by Gasteiger charge is 2.20. The fraction of sp³-hybridized carbons (Fsp3) is 0.250. The Hall–Kier alpha value is -0.780. The Balaban J connectivity index is 2.44. The van der Waals surface area contributed by atoms with Crippen LogP contribution in [-0.4, -0.2) is 0 Å². The van der Waals surface area contributed by atoms with Crippen molar-refractivity contribution < 1.29 is 0 Å². The van der Waals surface area contributed by atoms with Crippen molar-refractivity contribution in [3.05, 3.63) is 35.5 Å². The molecular weight excluding hydrogens is 96.1 g/mol. The smallest absolute Gasteiger partial charge is 0.00259 e. The zero-order chi connectivity index (χ0) is 5.56. The van der Waals surface area contributed by atoms with Gasteiger partial charge < -0.3 is 0 Å². The highest BCUT2D eigenvalue weighted by molar-refractivity contribution is 5.56. The van der Waals surface area contributed by atoms with E-state index in [9.17, 15) is 0 Å². The Kier molecular flexibility index (Phi) is 0.587. The minimum Gasteiger partial charge on any atom is -0.0952 e. The van der Waals surface area contributed by atoms with Crippen molar-refractivity contribution in [2.75, 3.05) is 0 Å². The molecule has 0 spiro atoms. The van der Waals surface area contributed by atoms with Gasteiger partial charge in [-0.05, 0) is 29.6 Å². The lowest BCUT2D eigenvalue weighted by Gasteiger charge is -2.18. The zero-order valence-electron chi connectivity index (χ0n) is 4.78. The maximum atomic E-state index is 3.91. The van der Waals surface area contributed by atoms with E-state index in [1.54, 1.807) is 0 Å². The Morgan fingerprint density at radius 2 is 2.38 bits per heavy atom. The van der Waals surface area contributed by atoms with Gasteiger partial charge >= 0.3 is 0 Å². The van der Waals surface area contributed by atoms with Crippen LogP contribution < -0.4 is 0 Å². The van der Waals surface area contributed by atoms with Crippen LogP contribution >= 0.6 is 0 Å². The number of allylic oxidation sites excluding steroid dienone is 5. The van der Waals surface area contributed by atoms with Crippen LogP contribution in [-0.2, 0) is 0 Å². The van der Waals surface area contributed by atoms with Gasteiger partial charge in [-0.25, -0.2) is 0 Å². The molecule has 0 bridgehead atoms. The predicted molar refractivity (Wildman–Crippen MR) is 34.5 cm³/mol. The van der Waals surface area contributed by atoms with Gasteiger partial charge in [-0.2, -0.15) is 0 Å². The molecule has 0 unspecified atom stereocenters. The van der Waals surface area contributed by atoms with Crippen LogP contribution in [0.5, 0.6) is 0 Å². The summed E-state index contributed by atoms with van der Waals surface area (Å²) in [6, 6.07) is 0. The number of hydrogen-bond acceptors (Lipinski definition) is 0. The zero-order valence-corrected chi connectivity index (χ0v) is 4.78. The average Bonchev–Trinajstić information content (AvgIpc) is 2.09. The van der Waals surface area contributed by atoms with E-state index >= 15 is 0 Å². The van der Waals surface area contributed by atoms with Crippen molar-refractivity contribution in [2.24, 2.45) is 0 Å². The minimum absolute atomic E-state index is 1.14. The molecule has 0 saturated heterocycles. The van der Waals surface area contributed by atoms with E-state index in [0.717, 1.165) is 12.8 Å². The highest BCUT2D eigenvalue weighted by atomic mass is 14.3. The van der Waals surface area contributed by atoms with Crippen LogP contribution in [0.4, 0.5) is 0 Å². The summed E-state index contributed by atoms with van der Waals surface area (Å²) in [5.74, 6) is 0. The molecule has 0 aliphatic heterocycles. The van der Waals surface area contributed by atoms with E-state index < -0.39 is 0 Å². The second-order valence-electron chi connectivity index (χ2n) is 2.39. The summed E-state index contributed by atoms with van der Waals surface area (Å²) >= 11 is 0. The summed E-state index contributed by atoms with van der Waals surface area (Å²) < 4.78 is 0. The maximum Gasteiger partial charge on any atom is -0.00259 e. The predicted octanol–water partition coefficient (Wildman–Crippen LogP) is 2.20. The van der Waals surface area contributed by atoms with Crippen LogP contribution in [0, 0.1) is 0 Å². The maximum absolute atomic E-state index is 3.91. The van der Waals surface area contributed by atoms with Gasteiger partial charge in [-0.1, -0.05) is 18.7 Å². The first kappa shape index (κ1) is 4.13. The molecule has 2 aliphatic rings. The van der Waals surface area contributed by atoms with Crippen molar-refractivity contribution in [1.29, 1.82) is 0 Å². The molecular formula is C8H8. The molecule has 2 aliphatic carbocycles. The lowest BCUT2D eigenvalue weighted by Crippen LogP contribution is -2.00. The van der Waals surface area contributed by atoms with E-state index in [-0.39, 0.29) is 0 Å². The molecule has 0 atom stereocenters. The Labute approximate surface area is 49.2 Å². The largest absolute Gasteiger partial charge is 0.0952 e. The molecule has 0 fully saturated rings. The average molecular weight is 104 g/mol. The molecule has 0 heterocycles. The van der Waals surface area contributed by atoms with Crippen LogP contribution in [0.3, 0.4) is 0 Å². The fourth-order valence-corrected chi connectivity index (χ4v) is 1.32. The third kappa shape index (κ3) is 0.313. The normalized spacial score (nSPS) is 23.8. The quantitative estimate of drug-likeness (QED) is 0.442. The van der Waals surface area contributed by atoms with Crippen LogP contribution in [0.25, 0.3) is 0 Å². The third-order valence-electron chi connectivity index (χ3n) is 1.86. The lowest BCUT2D eigenvalue weighted by atomic mass is 9.86. The molecule has 40 valence electrons. The monoisotopic (exact) mass is 104 g/mol. The summed E-state index contributed by atoms with van der Waals surface area (Å²) in [5, 5.41) is 0. The minimum atomic E-state index is 1.14. The molecule has 0 N–H and O–H groups in total. The highest BCUT2D eigenvalue weighted by Crippen LogP contribution is 2.39. The molecule has 0 aromatic carbocycles. The van der Waals surface area contributed by atoms with Crippen molar-refractivity contribution >= 4 is 0 Å². The summed E-state index contributed by atoms with van der Waals surface area (Å²) in [4.78, 5) is 0. The molecule has 8 heavy (non-hydrogen) atoms. The first-order valence-corrected chi connectivity index (χ1v) is 2.94. The van der Waals surface area contributed by atoms with Crippen molar-refractivity contribution in [1.82, 2.24) is 0 Å². The molecule has 0 aromatic heterocycles. The topological polar surface area (TPSA) is 0 Å². The van der Waals surface area contributed by atoms with E-state index in [1.807, 2.05) is 0 Å². The first-order valence-electron chi connectivity index (χ1n) is 2.94. The van der Waals surface area contributed by atoms with Gasteiger partial charge in [0.25, 0.3) is 0 Å². The van der Waals surface area contributed by atoms with Crippen LogP contribution in [0.1, 0.15) is 12.8 Å². The van der Waals surface area contributed by atoms with Crippen molar-refractivity contribution in [3.8, 4) is 0 Å². The summed E-state index contributed by atoms with van der Waals surface area (Å²) in [6.45, 7) is 3.91. The summed E-state index contributed by atoms with van der Waals surface area (Å²) in [5.41, 5.74) is 4.38. The standard InChI is InChI=1S/C8H8/c1-6-5-7-3-2-4-8(6)7/h2-3H,1,4-5H2. The molecule has 0 nitrogen and oxygen atoms in total. The Morgan fingerprint density at radius 3 is 2.88 bits per heavy atom. The molecule has 0 amide bonds. The van der Waals surface area contributed by atoms with Gasteiger partial charge in [0.1, 0.15) is 0 Å². The summed E-state index contributed by atoms with van der Waals surface area (Å²) in [6.07, 6.45) is 6.72. The third-order valence-corrected chi connectivity index (χ3v) is 1.86. The van der Waals surface area contributed by atoms with Gasteiger partial charge in [0.15, 0.2) is 0 Å². The Bertz CT molecular complexity index is 200. The van der Waals surface area contributed by atoms with Gasteiger partial charge in [-0.3, -0.25) is 0 Å². The van der Waals surface area contributed by atoms with E-state index in [1.165, 1.54) is 16.7 Å². The molecule has 0 aromatic rings. The molecule has 0 saturated carbocycles. The van der Waals surface area contributed by atoms with Crippen LogP contribution in [0.2, 0.25) is 0 Å². The SMILES string of the molecule is C=C1CC2=C1CC=C2. The van der Waals surface area contributed by atoms with Gasteiger partial charge in [-0.15, -0.1) is 0 Å². The van der Waals surface area contributed by atoms with Gasteiger partial charge in [0, 0.05) is 0 Å². The summed E-state index contributed by atoms with van der Waals surface area (Å²) in [7, 11) is 0. The first-order chi connectivity index (χ1) is 3.88. The second-order valence-corrected chi connectivity index (χ2v) is 2.39. The molecule has 0 heteroatoms. The fourth-order valence-electron chi connectivity index (χ4n) is 1.32. The van der Waals surface area contributed by atoms with Gasteiger partial charge in [0.05, 0.1) is 0 Å². The van der Waals surface area contributed by atoms with E-state index in [2.05, 4.69) is 18.7 Å². The molecule has 2 rings (SSSR count). The van der Waals surface area contributed by atoms with Crippen molar-refractivity contribution in [2.45, 2.75) is 12.8 Å². The number of rotatable bonds is 0. The van der Waals surface area contributed by atoms with E-state index in [0.29, 0.717) is 0 Å². The van der Waals surface area contributed by atoms with E-state index in [4.69, 9.17) is 0 Å². The lowest BCUT2D eigenvalue weighted by molar-refractivity contribution is 1.02.